The zero-order chi connectivity index (χ0) is 16.7. The molecule has 6 nitrogen and oxygen atoms in total. The van der Waals surface area contributed by atoms with Crippen LogP contribution in [0.15, 0.2) is 29.2 Å². The number of hydrogen-bond donors (Lipinski definition) is 1. The number of nitrogens with zero attached hydrogens (tertiary/aromatic N) is 1. The SMILES string of the molecule is CCOCCOc1ccc(S(=O)(=O)N2CCCCC2CN)cc1. The second-order valence-electron chi connectivity index (χ2n) is 5.52. The van der Waals surface area contributed by atoms with Gasteiger partial charge >= 0.3 is 0 Å². The summed E-state index contributed by atoms with van der Waals surface area (Å²) in [6.45, 7) is 4.44. The van der Waals surface area contributed by atoms with Gasteiger partial charge in [-0.25, -0.2) is 8.42 Å². The first-order valence-corrected chi connectivity index (χ1v) is 9.56. The van der Waals surface area contributed by atoms with Gasteiger partial charge in [0.2, 0.25) is 10.0 Å². The van der Waals surface area contributed by atoms with Crippen LogP contribution in [0.25, 0.3) is 0 Å². The van der Waals surface area contributed by atoms with E-state index in [9.17, 15) is 8.42 Å². The van der Waals surface area contributed by atoms with Gasteiger partial charge in [-0.15, -0.1) is 0 Å². The quantitative estimate of drug-likeness (QED) is 0.726. The lowest BCUT2D eigenvalue weighted by molar-refractivity contribution is 0.110. The van der Waals surface area contributed by atoms with Crippen molar-refractivity contribution in [1.82, 2.24) is 4.31 Å². The number of sulfonamides is 1. The van der Waals surface area contributed by atoms with Crippen LogP contribution in [-0.2, 0) is 14.8 Å². The van der Waals surface area contributed by atoms with Gasteiger partial charge in [0.25, 0.3) is 0 Å². The van der Waals surface area contributed by atoms with Crippen LogP contribution >= 0.6 is 0 Å². The fourth-order valence-electron chi connectivity index (χ4n) is 2.73. The van der Waals surface area contributed by atoms with Gasteiger partial charge in [-0.2, -0.15) is 4.31 Å². The first-order valence-electron chi connectivity index (χ1n) is 8.12. The van der Waals surface area contributed by atoms with Crippen LogP contribution in [0.2, 0.25) is 0 Å². The fraction of sp³-hybridized carbons (Fsp3) is 0.625. The molecular formula is C16H26N2O4S. The summed E-state index contributed by atoms with van der Waals surface area (Å²) in [5.74, 6) is 0.637. The van der Waals surface area contributed by atoms with Crippen LogP contribution in [0.4, 0.5) is 0 Å². The third kappa shape index (κ3) is 4.67. The number of nitrogens with two attached hydrogens (primary N) is 1. The number of ether oxygens (including phenoxy) is 2. The van der Waals surface area contributed by atoms with E-state index in [4.69, 9.17) is 15.2 Å². The van der Waals surface area contributed by atoms with Gasteiger partial charge < -0.3 is 15.2 Å². The van der Waals surface area contributed by atoms with Crippen LogP contribution in [0, 0.1) is 0 Å². The Kier molecular flexibility index (Phi) is 6.83. The highest BCUT2D eigenvalue weighted by atomic mass is 32.2. The molecule has 0 saturated carbocycles. The van der Waals surface area contributed by atoms with Crippen molar-refractivity contribution >= 4 is 10.0 Å². The van der Waals surface area contributed by atoms with Crippen LogP contribution in [-0.4, -0.2) is 51.7 Å². The van der Waals surface area contributed by atoms with E-state index in [-0.39, 0.29) is 10.9 Å². The Labute approximate surface area is 138 Å². The van der Waals surface area contributed by atoms with Gasteiger partial charge in [0, 0.05) is 25.7 Å². The van der Waals surface area contributed by atoms with Crippen LogP contribution in [0.1, 0.15) is 26.2 Å². The van der Waals surface area contributed by atoms with Crippen LogP contribution in [0.5, 0.6) is 5.75 Å². The first-order chi connectivity index (χ1) is 11.1. The summed E-state index contributed by atoms with van der Waals surface area (Å²) >= 11 is 0. The maximum atomic E-state index is 12.8. The van der Waals surface area contributed by atoms with E-state index in [1.54, 1.807) is 28.6 Å². The molecule has 1 aromatic rings. The molecule has 0 aliphatic carbocycles. The van der Waals surface area contributed by atoms with Gasteiger partial charge in [-0.3, -0.25) is 0 Å². The van der Waals surface area contributed by atoms with Crippen LogP contribution < -0.4 is 10.5 Å². The summed E-state index contributed by atoms with van der Waals surface area (Å²) in [6.07, 6.45) is 2.74. The third-order valence-corrected chi connectivity index (χ3v) is 5.94. The summed E-state index contributed by atoms with van der Waals surface area (Å²) in [4.78, 5) is 0.287. The number of rotatable bonds is 8. The molecule has 0 amide bonds. The standard InChI is InChI=1S/C16H26N2O4S/c1-2-21-11-12-22-15-6-8-16(9-7-15)23(19,20)18-10-4-3-5-14(18)13-17/h6-9,14H,2-5,10-13,17H2,1H3. The summed E-state index contributed by atoms with van der Waals surface area (Å²) in [6, 6.07) is 6.44. The minimum atomic E-state index is -3.50. The summed E-state index contributed by atoms with van der Waals surface area (Å²) < 4.78 is 37.8. The minimum absolute atomic E-state index is 0.101. The summed E-state index contributed by atoms with van der Waals surface area (Å²) in [5, 5.41) is 0. The molecule has 1 aromatic carbocycles. The highest BCUT2D eigenvalue weighted by molar-refractivity contribution is 7.89. The molecule has 23 heavy (non-hydrogen) atoms. The third-order valence-electron chi connectivity index (χ3n) is 3.98. The second kappa shape index (κ2) is 8.63. The molecule has 130 valence electrons. The van der Waals surface area contributed by atoms with Crippen molar-refractivity contribution in [3.8, 4) is 5.75 Å². The van der Waals surface area contributed by atoms with E-state index in [0.717, 1.165) is 19.3 Å². The first kappa shape index (κ1) is 18.2. The minimum Gasteiger partial charge on any atom is -0.491 e. The molecule has 0 radical (unpaired) electrons. The molecule has 1 heterocycles. The molecule has 1 aliphatic rings. The average Bonchev–Trinajstić information content (AvgIpc) is 2.59. The molecule has 2 N–H and O–H groups in total. The van der Waals surface area contributed by atoms with Gasteiger partial charge in [-0.05, 0) is 44.0 Å². The van der Waals surface area contributed by atoms with E-state index < -0.39 is 10.0 Å². The second-order valence-corrected chi connectivity index (χ2v) is 7.41. The predicted molar refractivity (Wildman–Crippen MR) is 89.0 cm³/mol. The maximum absolute atomic E-state index is 12.8. The highest BCUT2D eigenvalue weighted by Crippen LogP contribution is 2.26. The Bertz CT molecular complexity index is 574. The number of hydrogen-bond acceptors (Lipinski definition) is 5. The van der Waals surface area contributed by atoms with Gasteiger partial charge in [0.05, 0.1) is 11.5 Å². The van der Waals surface area contributed by atoms with E-state index in [1.165, 1.54) is 0 Å². The molecule has 2 rings (SSSR count). The van der Waals surface area contributed by atoms with Crippen molar-refractivity contribution in [1.29, 1.82) is 0 Å². The average molecular weight is 342 g/mol. The Morgan fingerprint density at radius 2 is 1.96 bits per heavy atom. The highest BCUT2D eigenvalue weighted by Gasteiger charge is 2.32. The molecule has 1 unspecified atom stereocenters. The molecule has 1 fully saturated rings. The zero-order valence-corrected chi connectivity index (χ0v) is 14.4. The molecule has 0 spiro atoms. The van der Waals surface area contributed by atoms with E-state index in [2.05, 4.69) is 0 Å². The van der Waals surface area contributed by atoms with Crippen molar-refractivity contribution in [3.63, 3.8) is 0 Å². The lowest BCUT2D eigenvalue weighted by atomic mass is 10.1. The summed E-state index contributed by atoms with van der Waals surface area (Å²) in [5.41, 5.74) is 5.73. The molecule has 1 atom stereocenters. The Balaban J connectivity index is 2.04. The lowest BCUT2D eigenvalue weighted by Gasteiger charge is -2.33. The van der Waals surface area contributed by atoms with Crippen LogP contribution in [0.3, 0.4) is 0 Å². The van der Waals surface area contributed by atoms with Gasteiger partial charge in [-0.1, -0.05) is 6.42 Å². The van der Waals surface area contributed by atoms with E-state index >= 15 is 0 Å². The zero-order valence-electron chi connectivity index (χ0n) is 13.6. The fourth-order valence-corrected chi connectivity index (χ4v) is 4.44. The Morgan fingerprint density at radius 3 is 2.61 bits per heavy atom. The smallest absolute Gasteiger partial charge is 0.243 e. The van der Waals surface area contributed by atoms with Gasteiger partial charge in [0.1, 0.15) is 12.4 Å². The number of benzene rings is 1. The van der Waals surface area contributed by atoms with Gasteiger partial charge in [0.15, 0.2) is 0 Å². The lowest BCUT2D eigenvalue weighted by Crippen LogP contribution is -2.47. The topological polar surface area (TPSA) is 81.9 Å². The molecule has 1 saturated heterocycles. The van der Waals surface area contributed by atoms with Crippen molar-refractivity contribution in [2.45, 2.75) is 37.1 Å². The van der Waals surface area contributed by atoms with E-state index in [1.807, 2.05) is 6.92 Å². The Morgan fingerprint density at radius 1 is 1.22 bits per heavy atom. The van der Waals surface area contributed by atoms with Crippen molar-refractivity contribution in [2.75, 3.05) is 32.9 Å². The Hall–Kier alpha value is -1.15. The molecular weight excluding hydrogens is 316 g/mol. The molecule has 1 aliphatic heterocycles. The van der Waals surface area contributed by atoms with Crippen molar-refractivity contribution in [3.05, 3.63) is 24.3 Å². The van der Waals surface area contributed by atoms with E-state index in [0.29, 0.717) is 38.7 Å². The predicted octanol–water partition coefficient (Wildman–Crippen LogP) is 1.60. The van der Waals surface area contributed by atoms with Crippen molar-refractivity contribution in [2.24, 2.45) is 5.73 Å². The normalized spacial score (nSPS) is 19.7. The molecule has 0 bridgehead atoms. The summed E-state index contributed by atoms with van der Waals surface area (Å²) in [7, 11) is -3.50. The number of piperidine rings is 1. The maximum Gasteiger partial charge on any atom is 0.243 e. The van der Waals surface area contributed by atoms with Crippen molar-refractivity contribution < 1.29 is 17.9 Å². The molecule has 0 aromatic heterocycles. The largest absolute Gasteiger partial charge is 0.491 e. The monoisotopic (exact) mass is 342 g/mol. The molecule has 7 heteroatoms.